The summed E-state index contributed by atoms with van der Waals surface area (Å²) in [6.45, 7) is 6.66. The third kappa shape index (κ3) is 4.22. The SMILES string of the molecule is C=CCN(C(=O)C1N(CCCCCCO)C(=O)[C@@H]2[C@H](C(=O)O)[C@]3(C)CCC12S3)c1ccc2ccccc2c1. The summed E-state index contributed by atoms with van der Waals surface area (Å²) in [4.78, 5) is 44.4. The average molecular weight is 537 g/mol. The van der Waals surface area contributed by atoms with Crippen LogP contribution in [-0.2, 0) is 14.4 Å². The Morgan fingerprint density at radius 1 is 1.13 bits per heavy atom. The number of likely N-dealkylation sites (tertiary alicyclic amines) is 1. The van der Waals surface area contributed by atoms with Crippen LogP contribution in [0.1, 0.15) is 45.4 Å². The van der Waals surface area contributed by atoms with Crippen molar-refractivity contribution in [1.29, 1.82) is 0 Å². The second-order valence-corrected chi connectivity index (χ2v) is 12.9. The van der Waals surface area contributed by atoms with Gasteiger partial charge in [0.2, 0.25) is 5.91 Å². The van der Waals surface area contributed by atoms with Gasteiger partial charge in [0.1, 0.15) is 6.04 Å². The highest BCUT2D eigenvalue weighted by atomic mass is 32.2. The second kappa shape index (κ2) is 10.4. The molecule has 8 heteroatoms. The van der Waals surface area contributed by atoms with Crippen molar-refractivity contribution in [3.8, 4) is 0 Å². The van der Waals surface area contributed by atoms with Gasteiger partial charge >= 0.3 is 5.97 Å². The Balaban J connectivity index is 1.54. The van der Waals surface area contributed by atoms with Crippen LogP contribution in [0.25, 0.3) is 10.8 Å². The number of carboxylic acid groups (broad SMARTS) is 1. The maximum Gasteiger partial charge on any atom is 0.308 e. The molecule has 0 aromatic heterocycles. The zero-order valence-electron chi connectivity index (χ0n) is 21.8. The number of thioether (sulfide) groups is 1. The number of hydrogen-bond acceptors (Lipinski definition) is 5. The quantitative estimate of drug-likeness (QED) is 0.325. The topological polar surface area (TPSA) is 98.2 Å². The van der Waals surface area contributed by atoms with Gasteiger partial charge in [-0.2, -0.15) is 0 Å². The van der Waals surface area contributed by atoms with Crippen molar-refractivity contribution in [1.82, 2.24) is 4.90 Å². The lowest BCUT2D eigenvalue weighted by Gasteiger charge is -2.37. The van der Waals surface area contributed by atoms with Crippen molar-refractivity contribution in [2.24, 2.45) is 11.8 Å². The zero-order valence-corrected chi connectivity index (χ0v) is 22.7. The first-order chi connectivity index (χ1) is 18.3. The summed E-state index contributed by atoms with van der Waals surface area (Å²) >= 11 is 1.56. The van der Waals surface area contributed by atoms with Crippen molar-refractivity contribution < 1.29 is 24.6 Å². The van der Waals surface area contributed by atoms with Gasteiger partial charge in [0.15, 0.2) is 0 Å². The number of fused-ring (bicyclic) bond motifs is 2. The molecule has 2 N–H and O–H groups in total. The number of carboxylic acids is 1. The van der Waals surface area contributed by atoms with Gasteiger partial charge in [0, 0.05) is 30.1 Å². The largest absolute Gasteiger partial charge is 0.481 e. The van der Waals surface area contributed by atoms with E-state index in [0.29, 0.717) is 32.2 Å². The van der Waals surface area contributed by atoms with E-state index in [4.69, 9.17) is 5.11 Å². The summed E-state index contributed by atoms with van der Waals surface area (Å²) < 4.78 is -1.32. The lowest BCUT2D eigenvalue weighted by atomic mass is 9.66. The van der Waals surface area contributed by atoms with E-state index < -0.39 is 33.3 Å². The molecule has 2 bridgehead atoms. The molecule has 2 aromatic carbocycles. The summed E-state index contributed by atoms with van der Waals surface area (Å²) in [5.41, 5.74) is 0.738. The standard InChI is InChI=1S/C30H36N2O5S/c1-3-16-31(22-13-12-20-10-6-7-11-21(20)19-22)27(35)25-30-15-14-29(2,38-30)24(28(36)37)23(30)26(34)32(25)17-8-4-5-9-18-33/h3,6-7,10-13,19,23-25,33H,1,4-5,8-9,14-18H2,2H3,(H,36,37)/t23-,24+,25?,29-,30?/m0/s1. The molecule has 3 aliphatic rings. The molecule has 1 spiro atoms. The first-order valence-corrected chi connectivity index (χ1v) is 14.3. The summed E-state index contributed by atoms with van der Waals surface area (Å²) in [6, 6.07) is 13.1. The highest BCUT2D eigenvalue weighted by molar-refractivity contribution is 8.02. The van der Waals surface area contributed by atoms with Crippen molar-refractivity contribution >= 4 is 46.0 Å². The molecular weight excluding hydrogens is 500 g/mol. The van der Waals surface area contributed by atoms with Gasteiger partial charge in [-0.25, -0.2) is 0 Å². The van der Waals surface area contributed by atoms with Crippen LogP contribution in [0.4, 0.5) is 5.69 Å². The molecule has 2 unspecified atom stereocenters. The number of aliphatic hydroxyl groups is 1. The lowest BCUT2D eigenvalue weighted by molar-refractivity contribution is -0.150. The van der Waals surface area contributed by atoms with Crippen LogP contribution < -0.4 is 4.90 Å². The molecule has 5 atom stereocenters. The van der Waals surface area contributed by atoms with E-state index >= 15 is 0 Å². The maximum absolute atomic E-state index is 14.6. The lowest BCUT2D eigenvalue weighted by Crippen LogP contribution is -2.55. The Hall–Kier alpha value is -2.84. The number of aliphatic hydroxyl groups excluding tert-OH is 1. The summed E-state index contributed by atoms with van der Waals surface area (Å²) in [5.74, 6) is -2.84. The molecule has 202 valence electrons. The van der Waals surface area contributed by atoms with Crippen LogP contribution in [-0.4, -0.2) is 68.1 Å². The third-order valence-corrected chi connectivity index (χ3v) is 10.7. The van der Waals surface area contributed by atoms with E-state index in [-0.39, 0.29) is 25.0 Å². The Bertz CT molecular complexity index is 1270. The first-order valence-electron chi connectivity index (χ1n) is 13.5. The minimum absolute atomic E-state index is 0.132. The molecule has 0 radical (unpaired) electrons. The van der Waals surface area contributed by atoms with Crippen LogP contribution in [0, 0.1) is 11.8 Å². The molecule has 38 heavy (non-hydrogen) atoms. The number of rotatable bonds is 11. The van der Waals surface area contributed by atoms with E-state index in [1.165, 1.54) is 0 Å². The molecule has 0 saturated carbocycles. The van der Waals surface area contributed by atoms with Gasteiger partial charge < -0.3 is 20.0 Å². The number of carbonyl (C=O) groups is 3. The van der Waals surface area contributed by atoms with Gasteiger partial charge in [0.05, 0.1) is 16.6 Å². The van der Waals surface area contributed by atoms with Crippen LogP contribution in [0.2, 0.25) is 0 Å². The predicted molar refractivity (Wildman–Crippen MR) is 150 cm³/mol. The summed E-state index contributed by atoms with van der Waals surface area (Å²) in [6.07, 6.45) is 6.09. The number of amides is 2. The van der Waals surface area contributed by atoms with Crippen molar-refractivity contribution in [3.63, 3.8) is 0 Å². The molecule has 2 aromatic rings. The highest BCUT2D eigenvalue weighted by Gasteiger charge is 2.77. The fourth-order valence-corrected chi connectivity index (χ4v) is 9.36. The third-order valence-electron chi connectivity index (χ3n) is 8.71. The van der Waals surface area contributed by atoms with E-state index in [0.717, 1.165) is 29.3 Å². The molecule has 7 nitrogen and oxygen atoms in total. The Morgan fingerprint density at radius 3 is 2.58 bits per heavy atom. The Morgan fingerprint density at radius 2 is 1.87 bits per heavy atom. The Labute approximate surface area is 227 Å². The molecule has 3 fully saturated rings. The van der Waals surface area contributed by atoms with Crippen LogP contribution in [0.15, 0.2) is 55.1 Å². The van der Waals surface area contributed by atoms with Crippen LogP contribution >= 0.6 is 11.8 Å². The van der Waals surface area contributed by atoms with Crippen molar-refractivity contribution in [2.75, 3.05) is 24.6 Å². The molecule has 2 amide bonds. The smallest absolute Gasteiger partial charge is 0.308 e. The minimum atomic E-state index is -0.951. The van der Waals surface area contributed by atoms with Gasteiger partial charge in [-0.3, -0.25) is 14.4 Å². The van der Waals surface area contributed by atoms with E-state index in [1.54, 1.807) is 27.6 Å². The molecule has 3 aliphatic heterocycles. The number of carbonyl (C=O) groups excluding carboxylic acids is 2. The summed E-state index contributed by atoms with van der Waals surface area (Å²) in [7, 11) is 0. The van der Waals surface area contributed by atoms with Crippen molar-refractivity contribution in [3.05, 3.63) is 55.1 Å². The molecule has 0 aliphatic carbocycles. The van der Waals surface area contributed by atoms with E-state index in [1.807, 2.05) is 49.4 Å². The fraction of sp³-hybridized carbons (Fsp3) is 0.500. The van der Waals surface area contributed by atoms with Gasteiger partial charge in [-0.1, -0.05) is 49.2 Å². The number of benzene rings is 2. The number of unbranched alkanes of at least 4 members (excludes halogenated alkanes) is 3. The predicted octanol–water partition coefficient (Wildman–Crippen LogP) is 4.48. The number of aliphatic carboxylic acids is 1. The van der Waals surface area contributed by atoms with Crippen LogP contribution in [0.5, 0.6) is 0 Å². The average Bonchev–Trinajstić information content (AvgIpc) is 3.47. The van der Waals surface area contributed by atoms with Gasteiger partial charge in [-0.05, 0) is 55.5 Å². The fourth-order valence-electron chi connectivity index (χ4n) is 7.01. The monoisotopic (exact) mass is 536 g/mol. The first kappa shape index (κ1) is 26.8. The highest BCUT2D eigenvalue weighted by Crippen LogP contribution is 2.71. The van der Waals surface area contributed by atoms with E-state index in [9.17, 15) is 19.5 Å². The van der Waals surface area contributed by atoms with Gasteiger partial charge in [-0.15, -0.1) is 18.3 Å². The molecule has 3 heterocycles. The number of hydrogen-bond donors (Lipinski definition) is 2. The second-order valence-electron chi connectivity index (χ2n) is 11.0. The molecule has 5 rings (SSSR count). The minimum Gasteiger partial charge on any atom is -0.481 e. The summed E-state index contributed by atoms with van der Waals surface area (Å²) in [5, 5.41) is 21.4. The molecule has 3 saturated heterocycles. The normalized spacial score (nSPS) is 29.6. The van der Waals surface area contributed by atoms with Crippen molar-refractivity contribution in [2.45, 2.75) is 61.0 Å². The van der Waals surface area contributed by atoms with Crippen LogP contribution in [0.3, 0.4) is 0 Å². The molecular formula is C30H36N2O5S. The Kier molecular flexibility index (Phi) is 7.31. The number of nitrogens with zero attached hydrogens (tertiary/aromatic N) is 2. The van der Waals surface area contributed by atoms with Gasteiger partial charge in [0.25, 0.3) is 5.91 Å². The maximum atomic E-state index is 14.6. The zero-order chi connectivity index (χ0) is 27.1. The van der Waals surface area contributed by atoms with E-state index in [2.05, 4.69) is 6.58 Å². The number of anilines is 1.